The Morgan fingerprint density at radius 3 is 2.85 bits per heavy atom. The van der Waals surface area contributed by atoms with Gasteiger partial charge in [0, 0.05) is 32.6 Å². The topological polar surface area (TPSA) is 32.3 Å². The molecule has 3 nitrogen and oxygen atoms in total. The first-order chi connectivity index (χ1) is 9.66. The van der Waals surface area contributed by atoms with Crippen LogP contribution in [-0.2, 0) is 11.3 Å². The van der Waals surface area contributed by atoms with Crippen LogP contribution in [0.5, 0.6) is 0 Å². The maximum Gasteiger partial charge on any atom is 0.222 e. The van der Waals surface area contributed by atoms with E-state index in [1.807, 2.05) is 4.90 Å². The largest absolute Gasteiger partial charge is 0.341 e. The summed E-state index contributed by atoms with van der Waals surface area (Å²) in [6.07, 6.45) is 4.14. The zero-order chi connectivity index (χ0) is 14.4. The van der Waals surface area contributed by atoms with Crippen LogP contribution in [0.4, 0.5) is 0 Å². The number of rotatable bonds is 5. The van der Waals surface area contributed by atoms with E-state index >= 15 is 0 Å². The molecule has 1 amide bonds. The molecule has 1 N–H and O–H groups in total. The number of hydrogen-bond acceptors (Lipinski definition) is 2. The molecule has 1 aliphatic heterocycles. The molecule has 20 heavy (non-hydrogen) atoms. The molecule has 0 atom stereocenters. The van der Waals surface area contributed by atoms with Crippen LogP contribution in [0, 0.1) is 13.8 Å². The van der Waals surface area contributed by atoms with E-state index in [2.05, 4.69) is 37.4 Å². The Labute approximate surface area is 122 Å². The summed E-state index contributed by atoms with van der Waals surface area (Å²) in [4.78, 5) is 13.9. The molecule has 0 spiro atoms. The highest BCUT2D eigenvalue weighted by Gasteiger charge is 2.15. The number of nitrogens with one attached hydrogen (secondary N) is 1. The quantitative estimate of drug-likeness (QED) is 0.837. The number of carbonyl (C=O) groups is 1. The molecule has 1 saturated heterocycles. The summed E-state index contributed by atoms with van der Waals surface area (Å²) in [7, 11) is 0. The fourth-order valence-electron chi connectivity index (χ4n) is 2.76. The van der Waals surface area contributed by atoms with Crippen LogP contribution in [0.3, 0.4) is 0 Å². The van der Waals surface area contributed by atoms with E-state index < -0.39 is 0 Å². The van der Waals surface area contributed by atoms with Gasteiger partial charge in [-0.2, -0.15) is 0 Å². The van der Waals surface area contributed by atoms with Gasteiger partial charge in [0.05, 0.1) is 0 Å². The first-order valence-corrected chi connectivity index (χ1v) is 7.71. The highest BCUT2D eigenvalue weighted by atomic mass is 16.2. The molecule has 1 fully saturated rings. The Morgan fingerprint density at radius 2 is 2.05 bits per heavy atom. The van der Waals surface area contributed by atoms with Crippen molar-refractivity contribution in [2.24, 2.45) is 0 Å². The van der Waals surface area contributed by atoms with E-state index in [-0.39, 0.29) is 0 Å². The summed E-state index contributed by atoms with van der Waals surface area (Å²) >= 11 is 0. The first kappa shape index (κ1) is 15.0. The van der Waals surface area contributed by atoms with Gasteiger partial charge in [0.1, 0.15) is 0 Å². The lowest BCUT2D eigenvalue weighted by molar-refractivity contribution is -0.130. The molecule has 1 aromatic rings. The number of aryl methyl sites for hydroxylation is 2. The van der Waals surface area contributed by atoms with Crippen molar-refractivity contribution in [3.05, 3.63) is 34.9 Å². The Kier molecular flexibility index (Phi) is 5.60. The van der Waals surface area contributed by atoms with Gasteiger partial charge >= 0.3 is 0 Å². The minimum atomic E-state index is 0.329. The summed E-state index contributed by atoms with van der Waals surface area (Å²) in [5.41, 5.74) is 3.99. The summed E-state index contributed by atoms with van der Waals surface area (Å²) in [6, 6.07) is 6.56. The molecule has 0 radical (unpaired) electrons. The number of likely N-dealkylation sites (tertiary alicyclic amines) is 1. The third-order valence-corrected chi connectivity index (χ3v) is 4.04. The summed E-state index contributed by atoms with van der Waals surface area (Å²) < 4.78 is 0. The van der Waals surface area contributed by atoms with E-state index in [0.29, 0.717) is 5.91 Å². The molecule has 1 aromatic carbocycles. The fourth-order valence-corrected chi connectivity index (χ4v) is 2.76. The first-order valence-electron chi connectivity index (χ1n) is 7.71. The van der Waals surface area contributed by atoms with Gasteiger partial charge in [-0.3, -0.25) is 4.79 Å². The van der Waals surface area contributed by atoms with Crippen LogP contribution in [0.15, 0.2) is 18.2 Å². The number of carbonyl (C=O) groups excluding carboxylic acids is 1. The summed E-state index contributed by atoms with van der Waals surface area (Å²) in [5, 5.41) is 3.46. The minimum absolute atomic E-state index is 0.329. The van der Waals surface area contributed by atoms with Crippen LogP contribution in [0.2, 0.25) is 0 Å². The van der Waals surface area contributed by atoms with Gasteiger partial charge in [-0.15, -0.1) is 0 Å². The van der Waals surface area contributed by atoms with Crippen molar-refractivity contribution in [3.63, 3.8) is 0 Å². The maximum atomic E-state index is 11.9. The Balaban J connectivity index is 1.74. The maximum absolute atomic E-state index is 11.9. The molecule has 3 heteroatoms. The number of benzene rings is 1. The van der Waals surface area contributed by atoms with Crippen LogP contribution >= 0.6 is 0 Å². The second-order valence-corrected chi connectivity index (χ2v) is 5.80. The second kappa shape index (κ2) is 7.44. The van der Waals surface area contributed by atoms with Crippen LogP contribution in [-0.4, -0.2) is 30.4 Å². The van der Waals surface area contributed by atoms with Gasteiger partial charge in [-0.1, -0.05) is 30.2 Å². The molecule has 1 heterocycles. The molecule has 0 aliphatic carbocycles. The highest BCUT2D eigenvalue weighted by molar-refractivity contribution is 5.76. The van der Waals surface area contributed by atoms with E-state index in [4.69, 9.17) is 0 Å². The van der Waals surface area contributed by atoms with Crippen LogP contribution in [0.25, 0.3) is 0 Å². The minimum Gasteiger partial charge on any atom is -0.341 e. The van der Waals surface area contributed by atoms with Gasteiger partial charge in [-0.25, -0.2) is 0 Å². The molecule has 0 unspecified atom stereocenters. The second-order valence-electron chi connectivity index (χ2n) is 5.80. The van der Waals surface area contributed by atoms with Crippen molar-refractivity contribution < 1.29 is 4.79 Å². The Morgan fingerprint density at radius 1 is 1.20 bits per heavy atom. The van der Waals surface area contributed by atoms with Crippen molar-refractivity contribution in [1.82, 2.24) is 10.2 Å². The normalized spacial score (nSPS) is 16.3. The molecule has 2 rings (SSSR count). The number of amides is 1. The summed E-state index contributed by atoms with van der Waals surface area (Å²) in [5.74, 6) is 0.329. The lowest BCUT2D eigenvalue weighted by Gasteiger charge is -2.20. The van der Waals surface area contributed by atoms with Crippen LogP contribution in [0.1, 0.15) is 42.4 Å². The molecule has 0 aromatic heterocycles. The molecule has 1 aliphatic rings. The van der Waals surface area contributed by atoms with Gasteiger partial charge in [0.25, 0.3) is 0 Å². The third-order valence-electron chi connectivity index (χ3n) is 4.04. The smallest absolute Gasteiger partial charge is 0.222 e. The fraction of sp³-hybridized carbons (Fsp3) is 0.588. The molecular formula is C17H26N2O. The van der Waals surface area contributed by atoms with Crippen LogP contribution < -0.4 is 5.32 Å². The van der Waals surface area contributed by atoms with Crippen molar-refractivity contribution in [2.45, 2.75) is 46.1 Å². The Bertz CT molecular complexity index is 456. The van der Waals surface area contributed by atoms with Crippen molar-refractivity contribution in [2.75, 3.05) is 19.6 Å². The summed E-state index contributed by atoms with van der Waals surface area (Å²) in [6.45, 7) is 7.80. The van der Waals surface area contributed by atoms with Crippen molar-refractivity contribution in [1.29, 1.82) is 0 Å². The lowest BCUT2D eigenvalue weighted by Crippen LogP contribution is -2.36. The number of nitrogens with zero attached hydrogens (tertiary/aromatic N) is 1. The van der Waals surface area contributed by atoms with Gasteiger partial charge in [-0.05, 0) is 37.8 Å². The monoisotopic (exact) mass is 274 g/mol. The zero-order valence-corrected chi connectivity index (χ0v) is 12.7. The van der Waals surface area contributed by atoms with E-state index in [9.17, 15) is 4.79 Å². The van der Waals surface area contributed by atoms with E-state index in [1.165, 1.54) is 23.1 Å². The highest BCUT2D eigenvalue weighted by Crippen LogP contribution is 2.11. The SMILES string of the molecule is Cc1ccc(CNCCN2CCCCCC2=O)c(C)c1. The molecular weight excluding hydrogens is 248 g/mol. The third kappa shape index (κ3) is 4.34. The lowest BCUT2D eigenvalue weighted by atomic mass is 10.1. The standard InChI is InChI=1S/C17H26N2O/c1-14-7-8-16(15(2)12-14)13-18-9-11-19-10-5-3-4-6-17(19)20/h7-8,12,18H,3-6,9-11,13H2,1-2H3. The molecule has 0 bridgehead atoms. The molecule has 110 valence electrons. The predicted octanol–water partition coefficient (Wildman–Crippen LogP) is 2.80. The van der Waals surface area contributed by atoms with Gasteiger partial charge in [0.15, 0.2) is 0 Å². The average Bonchev–Trinajstić information content (AvgIpc) is 2.62. The Hall–Kier alpha value is -1.35. The number of hydrogen-bond donors (Lipinski definition) is 1. The van der Waals surface area contributed by atoms with E-state index in [0.717, 1.165) is 45.4 Å². The van der Waals surface area contributed by atoms with Crippen molar-refractivity contribution in [3.8, 4) is 0 Å². The van der Waals surface area contributed by atoms with E-state index in [1.54, 1.807) is 0 Å². The van der Waals surface area contributed by atoms with Gasteiger partial charge in [0.2, 0.25) is 5.91 Å². The predicted molar refractivity (Wildman–Crippen MR) is 82.7 cm³/mol. The van der Waals surface area contributed by atoms with Crippen molar-refractivity contribution >= 4 is 5.91 Å². The average molecular weight is 274 g/mol. The zero-order valence-electron chi connectivity index (χ0n) is 12.7. The molecule has 0 saturated carbocycles. The van der Waals surface area contributed by atoms with Gasteiger partial charge < -0.3 is 10.2 Å².